The van der Waals surface area contributed by atoms with E-state index in [1.54, 1.807) is 18.2 Å². The highest BCUT2D eigenvalue weighted by molar-refractivity contribution is 6.04. The number of halogens is 1. The van der Waals surface area contributed by atoms with E-state index in [0.29, 0.717) is 23.4 Å². The number of carbonyl (C=O) groups is 1. The molecule has 3 nitrogen and oxygen atoms in total. The van der Waals surface area contributed by atoms with Crippen molar-refractivity contribution in [3.8, 4) is 11.3 Å². The van der Waals surface area contributed by atoms with Crippen molar-refractivity contribution in [1.29, 1.82) is 0 Å². The Morgan fingerprint density at radius 2 is 1.81 bits per heavy atom. The lowest BCUT2D eigenvalue weighted by atomic mass is 10.0. The summed E-state index contributed by atoms with van der Waals surface area (Å²) in [5.74, 6) is -0.648. The molecule has 134 valence electrons. The molecule has 2 aromatic carbocycles. The molecule has 0 saturated carbocycles. The van der Waals surface area contributed by atoms with E-state index in [4.69, 9.17) is 4.74 Å². The van der Waals surface area contributed by atoms with Gasteiger partial charge >= 0.3 is 5.97 Å². The molecule has 0 aliphatic carbocycles. The number of carbonyl (C=O) groups excluding carboxylic acids is 1. The SMILES string of the molecule is CCCCCCOC(=O)c1cc(-c2ccc(F)cc2)nc2ccccc12. The Kier molecular flexibility index (Phi) is 5.95. The van der Waals surface area contributed by atoms with Crippen LogP contribution in [0.15, 0.2) is 54.6 Å². The molecular formula is C22H22FNO2. The lowest BCUT2D eigenvalue weighted by molar-refractivity contribution is 0.0500. The molecule has 0 saturated heterocycles. The van der Waals surface area contributed by atoms with Crippen LogP contribution in [0.3, 0.4) is 0 Å². The number of aromatic nitrogens is 1. The first kappa shape index (κ1) is 18.1. The van der Waals surface area contributed by atoms with Crippen LogP contribution in [0, 0.1) is 5.82 Å². The van der Waals surface area contributed by atoms with Gasteiger partial charge in [-0.05, 0) is 42.8 Å². The summed E-state index contributed by atoms with van der Waals surface area (Å²) in [4.78, 5) is 17.2. The van der Waals surface area contributed by atoms with Crippen LogP contribution in [-0.4, -0.2) is 17.6 Å². The highest BCUT2D eigenvalue weighted by atomic mass is 19.1. The number of fused-ring (bicyclic) bond motifs is 1. The van der Waals surface area contributed by atoms with Gasteiger partial charge in [-0.25, -0.2) is 14.2 Å². The predicted octanol–water partition coefficient (Wildman–Crippen LogP) is 5.78. The Morgan fingerprint density at radius 3 is 2.58 bits per heavy atom. The van der Waals surface area contributed by atoms with E-state index in [9.17, 15) is 9.18 Å². The summed E-state index contributed by atoms with van der Waals surface area (Å²) < 4.78 is 18.7. The third-order valence-corrected chi connectivity index (χ3v) is 4.31. The van der Waals surface area contributed by atoms with Crippen LogP contribution in [0.5, 0.6) is 0 Å². The second kappa shape index (κ2) is 8.56. The number of ether oxygens (including phenoxy) is 1. The summed E-state index contributed by atoms with van der Waals surface area (Å²) in [6.07, 6.45) is 4.21. The van der Waals surface area contributed by atoms with Gasteiger partial charge in [0, 0.05) is 10.9 Å². The highest BCUT2D eigenvalue weighted by Crippen LogP contribution is 2.25. The standard InChI is InChI=1S/C22H22FNO2/c1-2-3-4-7-14-26-22(25)19-15-21(16-10-12-17(23)13-11-16)24-20-9-6-5-8-18(19)20/h5-6,8-13,15H,2-4,7,14H2,1H3. The Bertz CT molecular complexity index is 890. The van der Waals surface area contributed by atoms with Crippen LogP contribution in [-0.2, 0) is 4.74 Å². The smallest absolute Gasteiger partial charge is 0.338 e. The Hall–Kier alpha value is -2.75. The molecule has 1 heterocycles. The molecule has 0 spiro atoms. The average molecular weight is 351 g/mol. The van der Waals surface area contributed by atoms with E-state index < -0.39 is 0 Å². The second-order valence-corrected chi connectivity index (χ2v) is 6.28. The van der Waals surface area contributed by atoms with Crippen LogP contribution in [0.4, 0.5) is 4.39 Å². The number of unbranched alkanes of at least 4 members (excludes halogenated alkanes) is 3. The summed E-state index contributed by atoms with van der Waals surface area (Å²) in [5.41, 5.74) is 2.59. The molecule has 0 aliphatic rings. The van der Waals surface area contributed by atoms with Crippen LogP contribution in [0.2, 0.25) is 0 Å². The molecular weight excluding hydrogens is 329 g/mol. The van der Waals surface area contributed by atoms with Gasteiger partial charge in [-0.15, -0.1) is 0 Å². The zero-order valence-electron chi connectivity index (χ0n) is 14.9. The second-order valence-electron chi connectivity index (χ2n) is 6.28. The fourth-order valence-corrected chi connectivity index (χ4v) is 2.88. The maximum absolute atomic E-state index is 13.2. The molecule has 0 radical (unpaired) electrons. The van der Waals surface area contributed by atoms with Gasteiger partial charge in [0.1, 0.15) is 5.82 Å². The van der Waals surface area contributed by atoms with E-state index in [0.717, 1.165) is 36.6 Å². The minimum absolute atomic E-state index is 0.304. The fourth-order valence-electron chi connectivity index (χ4n) is 2.88. The Balaban J connectivity index is 1.90. The van der Waals surface area contributed by atoms with Crippen molar-refractivity contribution in [1.82, 2.24) is 4.98 Å². The Labute approximate surface area is 152 Å². The van der Waals surface area contributed by atoms with Gasteiger partial charge in [-0.1, -0.05) is 44.4 Å². The van der Waals surface area contributed by atoms with E-state index in [2.05, 4.69) is 11.9 Å². The number of para-hydroxylation sites is 1. The number of benzene rings is 2. The topological polar surface area (TPSA) is 39.2 Å². The molecule has 26 heavy (non-hydrogen) atoms. The van der Waals surface area contributed by atoms with Gasteiger partial charge in [0.2, 0.25) is 0 Å². The maximum Gasteiger partial charge on any atom is 0.338 e. The maximum atomic E-state index is 13.2. The van der Waals surface area contributed by atoms with Crippen LogP contribution < -0.4 is 0 Å². The monoisotopic (exact) mass is 351 g/mol. The van der Waals surface area contributed by atoms with Gasteiger partial charge < -0.3 is 4.74 Å². The zero-order valence-corrected chi connectivity index (χ0v) is 14.9. The van der Waals surface area contributed by atoms with Crippen molar-refractivity contribution in [3.05, 3.63) is 66.0 Å². The molecule has 0 N–H and O–H groups in total. The molecule has 1 aromatic heterocycles. The quantitative estimate of drug-likeness (QED) is 0.400. The number of esters is 1. The van der Waals surface area contributed by atoms with Gasteiger partial charge in [0.15, 0.2) is 0 Å². The average Bonchev–Trinajstić information content (AvgIpc) is 2.67. The van der Waals surface area contributed by atoms with Gasteiger partial charge in [0.05, 0.1) is 23.4 Å². The van der Waals surface area contributed by atoms with Crippen LogP contribution >= 0.6 is 0 Å². The number of hydrogen-bond donors (Lipinski definition) is 0. The van der Waals surface area contributed by atoms with Crippen LogP contribution in [0.25, 0.3) is 22.2 Å². The van der Waals surface area contributed by atoms with Crippen molar-refractivity contribution < 1.29 is 13.9 Å². The summed E-state index contributed by atoms with van der Waals surface area (Å²) in [6.45, 7) is 2.56. The number of pyridine rings is 1. The third kappa shape index (κ3) is 4.26. The summed E-state index contributed by atoms with van der Waals surface area (Å²) in [6, 6.07) is 15.3. The lowest BCUT2D eigenvalue weighted by Crippen LogP contribution is -2.08. The highest BCUT2D eigenvalue weighted by Gasteiger charge is 2.15. The van der Waals surface area contributed by atoms with E-state index >= 15 is 0 Å². The summed E-state index contributed by atoms with van der Waals surface area (Å²) in [5, 5.41) is 0.761. The first-order valence-electron chi connectivity index (χ1n) is 9.02. The van der Waals surface area contributed by atoms with Crippen molar-refractivity contribution in [2.45, 2.75) is 32.6 Å². The molecule has 4 heteroatoms. The van der Waals surface area contributed by atoms with Gasteiger partial charge in [0.25, 0.3) is 0 Å². The first-order valence-corrected chi connectivity index (χ1v) is 9.02. The minimum Gasteiger partial charge on any atom is -0.462 e. The molecule has 0 fully saturated rings. The van der Waals surface area contributed by atoms with E-state index in [1.807, 2.05) is 24.3 Å². The summed E-state index contributed by atoms with van der Waals surface area (Å²) >= 11 is 0. The normalized spacial score (nSPS) is 10.8. The molecule has 0 unspecified atom stereocenters. The molecule has 3 rings (SSSR count). The Morgan fingerprint density at radius 1 is 1.04 bits per heavy atom. The van der Waals surface area contributed by atoms with Crippen molar-refractivity contribution in [3.63, 3.8) is 0 Å². The van der Waals surface area contributed by atoms with Crippen molar-refractivity contribution in [2.24, 2.45) is 0 Å². The number of hydrogen-bond acceptors (Lipinski definition) is 3. The minimum atomic E-state index is -0.344. The summed E-state index contributed by atoms with van der Waals surface area (Å²) in [7, 11) is 0. The number of rotatable bonds is 7. The van der Waals surface area contributed by atoms with Crippen LogP contribution in [0.1, 0.15) is 43.0 Å². The van der Waals surface area contributed by atoms with Crippen molar-refractivity contribution in [2.75, 3.05) is 6.61 Å². The zero-order chi connectivity index (χ0) is 18.4. The number of nitrogens with zero attached hydrogens (tertiary/aromatic N) is 1. The van der Waals surface area contributed by atoms with Gasteiger partial charge in [-0.2, -0.15) is 0 Å². The van der Waals surface area contributed by atoms with Gasteiger partial charge in [-0.3, -0.25) is 0 Å². The molecule has 0 atom stereocenters. The lowest BCUT2D eigenvalue weighted by Gasteiger charge is -2.10. The molecule has 0 bridgehead atoms. The largest absolute Gasteiger partial charge is 0.462 e. The van der Waals surface area contributed by atoms with E-state index in [-0.39, 0.29) is 11.8 Å². The van der Waals surface area contributed by atoms with E-state index in [1.165, 1.54) is 12.1 Å². The fraction of sp³-hybridized carbons (Fsp3) is 0.273. The molecule has 0 aliphatic heterocycles. The first-order chi connectivity index (χ1) is 12.7. The van der Waals surface area contributed by atoms with Crippen molar-refractivity contribution >= 4 is 16.9 Å². The molecule has 0 amide bonds. The molecule has 3 aromatic rings. The predicted molar refractivity (Wildman–Crippen MR) is 102 cm³/mol. The third-order valence-electron chi connectivity index (χ3n) is 4.31.